The molecule has 0 unspecified atom stereocenters. The Morgan fingerprint density at radius 2 is 2.10 bits per heavy atom. The number of aromatic nitrogens is 2. The number of para-hydroxylation sites is 2. The summed E-state index contributed by atoms with van der Waals surface area (Å²) in [6.45, 7) is 6.76. The van der Waals surface area contributed by atoms with Crippen molar-refractivity contribution in [2.45, 2.75) is 33.4 Å². The second-order valence-electron chi connectivity index (χ2n) is 4.95. The van der Waals surface area contributed by atoms with E-state index in [1.807, 2.05) is 6.92 Å². The van der Waals surface area contributed by atoms with Crippen molar-refractivity contribution in [3.63, 3.8) is 0 Å². The zero-order valence-electron chi connectivity index (χ0n) is 11.8. The molecular weight excluding hydrogens is 256 g/mol. The van der Waals surface area contributed by atoms with Crippen LogP contribution in [0.5, 0.6) is 0 Å². The van der Waals surface area contributed by atoms with Crippen LogP contribution >= 0.6 is 0 Å². The molecule has 0 spiro atoms. The molecule has 0 fully saturated rings. The molecular formula is C14H18N4O2. The van der Waals surface area contributed by atoms with Crippen molar-refractivity contribution in [2.24, 2.45) is 0 Å². The van der Waals surface area contributed by atoms with Crippen LogP contribution in [0.15, 0.2) is 30.5 Å². The monoisotopic (exact) mass is 274 g/mol. The normalized spacial score (nSPS) is 11.0. The molecule has 106 valence electrons. The Labute approximate surface area is 117 Å². The van der Waals surface area contributed by atoms with Gasteiger partial charge in [0.2, 0.25) is 0 Å². The van der Waals surface area contributed by atoms with Crippen molar-refractivity contribution in [1.29, 1.82) is 0 Å². The van der Waals surface area contributed by atoms with Gasteiger partial charge in [0.05, 0.1) is 11.1 Å². The molecule has 1 aromatic carbocycles. The molecule has 0 aliphatic heterocycles. The maximum absolute atomic E-state index is 11.1. The number of rotatable bonds is 5. The third-order valence-electron chi connectivity index (χ3n) is 3.12. The number of benzene rings is 1. The van der Waals surface area contributed by atoms with E-state index < -0.39 is 0 Å². The highest BCUT2D eigenvalue weighted by Gasteiger charge is 2.17. The van der Waals surface area contributed by atoms with Gasteiger partial charge >= 0.3 is 0 Å². The molecule has 6 heteroatoms. The average Bonchev–Trinajstić information content (AvgIpc) is 2.77. The van der Waals surface area contributed by atoms with Gasteiger partial charge in [0.15, 0.2) is 0 Å². The summed E-state index contributed by atoms with van der Waals surface area (Å²) >= 11 is 0. The zero-order chi connectivity index (χ0) is 14.7. The molecule has 0 aliphatic rings. The lowest BCUT2D eigenvalue weighted by molar-refractivity contribution is -0.384. The van der Waals surface area contributed by atoms with Crippen LogP contribution in [0.3, 0.4) is 0 Å². The average molecular weight is 274 g/mol. The van der Waals surface area contributed by atoms with Crippen LogP contribution in [0.25, 0.3) is 5.69 Å². The first kappa shape index (κ1) is 14.2. The van der Waals surface area contributed by atoms with Crippen molar-refractivity contribution < 1.29 is 4.92 Å². The lowest BCUT2D eigenvalue weighted by Crippen LogP contribution is -2.22. The molecule has 0 saturated heterocycles. The third kappa shape index (κ3) is 2.85. The van der Waals surface area contributed by atoms with Gasteiger partial charge in [-0.25, -0.2) is 4.68 Å². The Balaban J connectivity index is 2.37. The molecule has 1 heterocycles. The van der Waals surface area contributed by atoms with Gasteiger partial charge in [-0.05, 0) is 13.0 Å². The van der Waals surface area contributed by atoms with Gasteiger partial charge in [0, 0.05) is 29.9 Å². The van der Waals surface area contributed by atoms with E-state index in [9.17, 15) is 10.1 Å². The lowest BCUT2D eigenvalue weighted by Gasteiger charge is -2.08. The minimum atomic E-state index is -0.386. The number of nitro groups is 1. The summed E-state index contributed by atoms with van der Waals surface area (Å²) in [5.74, 6) is 0. The van der Waals surface area contributed by atoms with Gasteiger partial charge in [0.25, 0.3) is 5.69 Å². The maximum atomic E-state index is 11.1. The Bertz CT molecular complexity index is 619. The number of nitro benzene ring substituents is 1. The van der Waals surface area contributed by atoms with Gasteiger partial charge < -0.3 is 5.32 Å². The van der Waals surface area contributed by atoms with Crippen molar-refractivity contribution >= 4 is 5.69 Å². The van der Waals surface area contributed by atoms with E-state index in [1.54, 1.807) is 29.1 Å². The smallest absolute Gasteiger partial charge is 0.294 e. The van der Waals surface area contributed by atoms with Crippen molar-refractivity contribution in [3.05, 3.63) is 51.8 Å². The van der Waals surface area contributed by atoms with Crippen LogP contribution in [-0.2, 0) is 6.54 Å². The highest BCUT2D eigenvalue weighted by Crippen LogP contribution is 2.23. The molecule has 0 saturated carbocycles. The van der Waals surface area contributed by atoms with Crippen molar-refractivity contribution in [2.75, 3.05) is 0 Å². The van der Waals surface area contributed by atoms with Crippen LogP contribution in [0, 0.1) is 17.0 Å². The summed E-state index contributed by atoms with van der Waals surface area (Å²) in [6.07, 6.45) is 1.75. The highest BCUT2D eigenvalue weighted by molar-refractivity contribution is 5.52. The zero-order valence-corrected chi connectivity index (χ0v) is 11.8. The second-order valence-corrected chi connectivity index (χ2v) is 4.95. The minimum Gasteiger partial charge on any atom is -0.310 e. The molecule has 0 amide bonds. The lowest BCUT2D eigenvalue weighted by atomic mass is 10.2. The van der Waals surface area contributed by atoms with Gasteiger partial charge in [-0.1, -0.05) is 26.0 Å². The van der Waals surface area contributed by atoms with Gasteiger partial charge in [-0.15, -0.1) is 0 Å². The Morgan fingerprint density at radius 1 is 1.40 bits per heavy atom. The van der Waals surface area contributed by atoms with E-state index in [1.165, 1.54) is 6.07 Å². The number of nitrogens with one attached hydrogen (secondary N) is 1. The molecule has 0 radical (unpaired) electrons. The molecule has 2 rings (SSSR count). The Kier molecular flexibility index (Phi) is 4.14. The number of hydrogen-bond donors (Lipinski definition) is 1. The predicted molar refractivity (Wildman–Crippen MR) is 76.9 cm³/mol. The molecule has 1 N–H and O–H groups in total. The van der Waals surface area contributed by atoms with Crippen molar-refractivity contribution in [1.82, 2.24) is 15.1 Å². The standard InChI is InChI=1S/C14H18N4O2/c1-10(2)15-8-12-9-16-17(11(12)3)13-6-4-5-7-14(13)18(19)20/h4-7,9-10,15H,8H2,1-3H3. The fraction of sp³-hybridized carbons (Fsp3) is 0.357. The third-order valence-corrected chi connectivity index (χ3v) is 3.12. The van der Waals surface area contributed by atoms with E-state index >= 15 is 0 Å². The summed E-state index contributed by atoms with van der Waals surface area (Å²) in [5, 5.41) is 18.7. The molecule has 0 atom stereocenters. The predicted octanol–water partition coefficient (Wildman–Crippen LogP) is 2.59. The van der Waals surface area contributed by atoms with Gasteiger partial charge in [-0.2, -0.15) is 5.10 Å². The summed E-state index contributed by atoms with van der Waals surface area (Å²) in [7, 11) is 0. The second kappa shape index (κ2) is 5.83. The molecule has 2 aromatic rings. The summed E-state index contributed by atoms with van der Waals surface area (Å²) < 4.78 is 1.62. The Hall–Kier alpha value is -2.21. The fourth-order valence-corrected chi connectivity index (χ4v) is 1.97. The highest BCUT2D eigenvalue weighted by atomic mass is 16.6. The molecule has 1 aromatic heterocycles. The summed E-state index contributed by atoms with van der Waals surface area (Å²) in [4.78, 5) is 10.7. The van der Waals surface area contributed by atoms with E-state index in [-0.39, 0.29) is 10.6 Å². The van der Waals surface area contributed by atoms with E-state index in [2.05, 4.69) is 24.3 Å². The quantitative estimate of drug-likeness (QED) is 0.672. The van der Waals surface area contributed by atoms with Gasteiger partial charge in [-0.3, -0.25) is 10.1 Å². The van der Waals surface area contributed by atoms with Gasteiger partial charge in [0.1, 0.15) is 5.69 Å². The largest absolute Gasteiger partial charge is 0.310 e. The van der Waals surface area contributed by atoms with E-state index in [0.717, 1.165) is 11.3 Å². The Morgan fingerprint density at radius 3 is 2.75 bits per heavy atom. The maximum Gasteiger partial charge on any atom is 0.294 e. The van der Waals surface area contributed by atoms with E-state index in [0.29, 0.717) is 18.3 Å². The minimum absolute atomic E-state index is 0.0575. The van der Waals surface area contributed by atoms with Crippen LogP contribution in [0.2, 0.25) is 0 Å². The fourth-order valence-electron chi connectivity index (χ4n) is 1.97. The molecule has 0 bridgehead atoms. The summed E-state index contributed by atoms with van der Waals surface area (Å²) in [5.41, 5.74) is 2.50. The van der Waals surface area contributed by atoms with Crippen LogP contribution < -0.4 is 5.32 Å². The van der Waals surface area contributed by atoms with Crippen LogP contribution in [0.4, 0.5) is 5.69 Å². The van der Waals surface area contributed by atoms with E-state index in [4.69, 9.17) is 0 Å². The first-order chi connectivity index (χ1) is 9.50. The number of nitrogens with zero attached hydrogens (tertiary/aromatic N) is 3. The topological polar surface area (TPSA) is 73.0 Å². The van der Waals surface area contributed by atoms with Crippen LogP contribution in [0.1, 0.15) is 25.1 Å². The van der Waals surface area contributed by atoms with Crippen LogP contribution in [-0.4, -0.2) is 20.7 Å². The molecule has 0 aliphatic carbocycles. The number of hydrogen-bond acceptors (Lipinski definition) is 4. The summed E-state index contributed by atoms with van der Waals surface area (Å²) in [6, 6.07) is 7.00. The first-order valence-electron chi connectivity index (χ1n) is 6.51. The SMILES string of the molecule is Cc1c(CNC(C)C)cnn1-c1ccccc1[N+](=O)[O-]. The molecule has 20 heavy (non-hydrogen) atoms. The molecule has 6 nitrogen and oxygen atoms in total. The first-order valence-corrected chi connectivity index (χ1v) is 6.51. The van der Waals surface area contributed by atoms with Crippen molar-refractivity contribution in [3.8, 4) is 5.69 Å².